The summed E-state index contributed by atoms with van der Waals surface area (Å²) in [4.78, 5) is 20.5. The van der Waals surface area contributed by atoms with Gasteiger partial charge in [-0.25, -0.2) is 12.8 Å². The Labute approximate surface area is 270 Å². The van der Waals surface area contributed by atoms with Crippen LogP contribution in [0, 0.1) is 5.82 Å². The van der Waals surface area contributed by atoms with E-state index in [4.69, 9.17) is 0 Å². The Bertz CT molecular complexity index is 2380. The largest absolute Gasteiger partial charge is 0.353 e. The standard InChI is InChI=1S/C37H30FN5O3S/c1-47(45,46)13-12-24-14-26(17-28(38)15-24)30-8-5-9-33-31(30)20-35(41-33)37-32-19-25(10-11-34(32)42-43-37)27-18-29(22-39-21-27)40-36(44)16-23-6-3-2-4-7-23/h2-11,14-15,17-22,41H,12-13,16H2,1H3,(H,40,44)(H,42,43). The fourth-order valence-electron chi connectivity index (χ4n) is 5.84. The third-order valence-electron chi connectivity index (χ3n) is 8.08. The van der Waals surface area contributed by atoms with Crippen LogP contribution in [0.15, 0.2) is 109 Å². The molecule has 0 spiro atoms. The van der Waals surface area contributed by atoms with E-state index in [9.17, 15) is 17.6 Å². The molecule has 3 N–H and O–H groups in total. The normalized spacial score (nSPS) is 11.7. The van der Waals surface area contributed by atoms with Crippen molar-refractivity contribution in [3.05, 3.63) is 126 Å². The molecule has 1 amide bonds. The minimum Gasteiger partial charge on any atom is -0.353 e. The number of nitrogens with one attached hydrogen (secondary N) is 3. The van der Waals surface area contributed by atoms with Crippen molar-refractivity contribution >= 4 is 43.2 Å². The fourth-order valence-corrected chi connectivity index (χ4v) is 6.45. The average Bonchev–Trinajstić information content (AvgIpc) is 3.68. The number of hydrogen-bond acceptors (Lipinski definition) is 5. The van der Waals surface area contributed by atoms with Crippen LogP contribution >= 0.6 is 0 Å². The molecule has 0 unspecified atom stereocenters. The number of nitrogens with zero attached hydrogens (tertiary/aromatic N) is 2. The zero-order valence-electron chi connectivity index (χ0n) is 25.4. The van der Waals surface area contributed by atoms with E-state index in [0.29, 0.717) is 16.8 Å². The van der Waals surface area contributed by atoms with Gasteiger partial charge in [-0.1, -0.05) is 54.6 Å². The molecule has 0 saturated heterocycles. The van der Waals surface area contributed by atoms with Gasteiger partial charge < -0.3 is 10.3 Å². The summed E-state index contributed by atoms with van der Waals surface area (Å²) in [5.74, 6) is -0.588. The van der Waals surface area contributed by atoms with E-state index < -0.39 is 15.7 Å². The average molecular weight is 644 g/mol. The van der Waals surface area contributed by atoms with Gasteiger partial charge in [0.2, 0.25) is 5.91 Å². The highest BCUT2D eigenvalue weighted by Crippen LogP contribution is 2.36. The molecule has 0 bridgehead atoms. The van der Waals surface area contributed by atoms with Crippen LogP contribution in [0.1, 0.15) is 11.1 Å². The van der Waals surface area contributed by atoms with Crippen molar-refractivity contribution in [2.75, 3.05) is 17.3 Å². The maximum atomic E-state index is 14.7. The van der Waals surface area contributed by atoms with Gasteiger partial charge in [0, 0.05) is 34.3 Å². The second kappa shape index (κ2) is 12.3. The molecule has 4 aromatic carbocycles. The molecular formula is C37H30FN5O3S. The number of anilines is 1. The lowest BCUT2D eigenvalue weighted by atomic mass is 9.98. The van der Waals surface area contributed by atoms with Crippen LogP contribution in [0.2, 0.25) is 0 Å². The number of aryl methyl sites for hydroxylation is 1. The lowest BCUT2D eigenvalue weighted by Gasteiger charge is -2.08. The highest BCUT2D eigenvalue weighted by Gasteiger charge is 2.16. The number of rotatable bonds is 9. The van der Waals surface area contributed by atoms with Crippen molar-refractivity contribution in [1.29, 1.82) is 0 Å². The molecule has 0 fully saturated rings. The van der Waals surface area contributed by atoms with Crippen molar-refractivity contribution in [2.45, 2.75) is 12.8 Å². The molecule has 7 aromatic rings. The smallest absolute Gasteiger partial charge is 0.228 e. The number of pyridine rings is 1. The SMILES string of the molecule is CS(=O)(=O)CCc1cc(F)cc(-c2cccc3[nH]c(-c4n[nH]c5ccc(-c6cncc(NC(=O)Cc7ccccc7)c6)cc45)cc23)c1. The van der Waals surface area contributed by atoms with E-state index in [0.717, 1.165) is 55.4 Å². The van der Waals surface area contributed by atoms with E-state index in [-0.39, 0.29) is 24.5 Å². The van der Waals surface area contributed by atoms with Crippen molar-refractivity contribution in [1.82, 2.24) is 20.2 Å². The first-order valence-corrected chi connectivity index (χ1v) is 17.1. The van der Waals surface area contributed by atoms with Crippen LogP contribution in [0.4, 0.5) is 10.1 Å². The molecule has 7 rings (SSSR count). The summed E-state index contributed by atoms with van der Waals surface area (Å²) in [6.07, 6.45) is 5.07. The number of fused-ring (bicyclic) bond motifs is 2. The monoisotopic (exact) mass is 643 g/mol. The van der Waals surface area contributed by atoms with Crippen molar-refractivity contribution in [3.63, 3.8) is 0 Å². The zero-order chi connectivity index (χ0) is 32.5. The maximum absolute atomic E-state index is 14.7. The number of sulfone groups is 1. The summed E-state index contributed by atoms with van der Waals surface area (Å²) >= 11 is 0. The van der Waals surface area contributed by atoms with Crippen LogP contribution in [-0.4, -0.2) is 46.5 Å². The molecule has 0 radical (unpaired) electrons. The minimum absolute atomic E-state index is 0.0497. The van der Waals surface area contributed by atoms with Crippen LogP contribution in [0.5, 0.6) is 0 Å². The van der Waals surface area contributed by atoms with Crippen LogP contribution < -0.4 is 5.32 Å². The number of aromatic amines is 2. The molecule has 0 saturated carbocycles. The Morgan fingerprint density at radius 3 is 2.49 bits per heavy atom. The number of H-pyrrole nitrogens is 2. The molecule has 3 heterocycles. The molecule has 0 aliphatic carbocycles. The van der Waals surface area contributed by atoms with Gasteiger partial charge in [-0.2, -0.15) is 5.10 Å². The first kappa shape index (κ1) is 30.1. The van der Waals surface area contributed by atoms with E-state index in [1.165, 1.54) is 18.4 Å². The number of benzene rings is 4. The molecule has 0 aliphatic heterocycles. The summed E-state index contributed by atoms with van der Waals surface area (Å²) in [6.45, 7) is 0. The highest BCUT2D eigenvalue weighted by molar-refractivity contribution is 7.90. The molecule has 234 valence electrons. The first-order chi connectivity index (χ1) is 22.7. The van der Waals surface area contributed by atoms with Crippen LogP contribution in [0.3, 0.4) is 0 Å². The lowest BCUT2D eigenvalue weighted by molar-refractivity contribution is -0.115. The van der Waals surface area contributed by atoms with Gasteiger partial charge in [-0.3, -0.25) is 14.9 Å². The predicted molar refractivity (Wildman–Crippen MR) is 184 cm³/mol. The van der Waals surface area contributed by atoms with Gasteiger partial charge in [0.05, 0.1) is 35.3 Å². The van der Waals surface area contributed by atoms with Crippen molar-refractivity contribution in [3.8, 4) is 33.6 Å². The fraction of sp³-hybridized carbons (Fsp3) is 0.108. The van der Waals surface area contributed by atoms with E-state index in [1.54, 1.807) is 12.4 Å². The van der Waals surface area contributed by atoms with E-state index in [2.05, 4.69) is 25.5 Å². The van der Waals surface area contributed by atoms with Gasteiger partial charge in [0.25, 0.3) is 0 Å². The Morgan fingerprint density at radius 2 is 1.66 bits per heavy atom. The minimum atomic E-state index is -3.18. The van der Waals surface area contributed by atoms with Gasteiger partial charge >= 0.3 is 0 Å². The summed E-state index contributed by atoms with van der Waals surface area (Å²) in [5, 5.41) is 12.5. The van der Waals surface area contributed by atoms with Crippen LogP contribution in [0.25, 0.3) is 55.4 Å². The Hall–Kier alpha value is -5.61. The van der Waals surface area contributed by atoms with Crippen molar-refractivity contribution in [2.24, 2.45) is 0 Å². The number of amides is 1. The van der Waals surface area contributed by atoms with Gasteiger partial charge in [0.15, 0.2) is 0 Å². The molecule has 3 aromatic heterocycles. The number of carbonyl (C=O) groups is 1. The van der Waals surface area contributed by atoms with E-state index in [1.807, 2.05) is 84.9 Å². The summed E-state index contributed by atoms with van der Waals surface area (Å²) in [7, 11) is -3.18. The topological polar surface area (TPSA) is 121 Å². The highest BCUT2D eigenvalue weighted by atomic mass is 32.2. The van der Waals surface area contributed by atoms with Gasteiger partial charge in [-0.05, 0) is 76.7 Å². The third-order valence-corrected chi connectivity index (χ3v) is 9.02. The Morgan fingerprint density at radius 1 is 0.809 bits per heavy atom. The quantitative estimate of drug-likeness (QED) is 0.152. The summed E-state index contributed by atoms with van der Waals surface area (Å²) in [5.41, 5.74) is 8.61. The Balaban J connectivity index is 1.20. The molecule has 10 heteroatoms. The van der Waals surface area contributed by atoms with Gasteiger partial charge in [0.1, 0.15) is 21.3 Å². The van der Waals surface area contributed by atoms with Gasteiger partial charge in [-0.15, -0.1) is 0 Å². The summed E-state index contributed by atoms with van der Waals surface area (Å²) < 4.78 is 38.1. The molecule has 47 heavy (non-hydrogen) atoms. The second-order valence-corrected chi connectivity index (χ2v) is 13.9. The lowest BCUT2D eigenvalue weighted by Crippen LogP contribution is -2.14. The number of halogens is 1. The first-order valence-electron chi connectivity index (χ1n) is 15.1. The molecule has 0 atom stereocenters. The van der Waals surface area contributed by atoms with E-state index >= 15 is 0 Å². The number of hydrogen-bond donors (Lipinski definition) is 3. The van der Waals surface area contributed by atoms with Crippen molar-refractivity contribution < 1.29 is 17.6 Å². The molecular weight excluding hydrogens is 614 g/mol. The zero-order valence-corrected chi connectivity index (χ0v) is 26.2. The third kappa shape index (κ3) is 6.68. The number of aromatic nitrogens is 4. The summed E-state index contributed by atoms with van der Waals surface area (Å²) in [6, 6.07) is 29.9. The molecule has 8 nitrogen and oxygen atoms in total. The molecule has 0 aliphatic rings. The maximum Gasteiger partial charge on any atom is 0.228 e. The number of carbonyl (C=O) groups excluding carboxylic acids is 1. The van der Waals surface area contributed by atoms with Crippen LogP contribution in [-0.2, 0) is 27.5 Å². The Kier molecular flexibility index (Phi) is 7.87. The second-order valence-electron chi connectivity index (χ2n) is 11.7. The predicted octanol–water partition coefficient (Wildman–Crippen LogP) is 7.35.